The molecule has 1 aromatic rings. The molecule has 0 aromatic heterocycles. The maximum Gasteiger partial charge on any atom is 0.573 e. The van der Waals surface area contributed by atoms with E-state index < -0.39 is 6.36 Å². The van der Waals surface area contributed by atoms with E-state index in [1.807, 2.05) is 0 Å². The Balaban J connectivity index is 2.25. The Labute approximate surface area is 123 Å². The molecule has 1 N–H and O–H groups in total. The van der Waals surface area contributed by atoms with E-state index in [4.69, 9.17) is 0 Å². The minimum atomic E-state index is -4.66. The van der Waals surface area contributed by atoms with Crippen LogP contribution in [0.2, 0.25) is 0 Å². The average molecular weight is 301 g/mol. The molecule has 3 unspecified atom stereocenters. The molecule has 0 spiro atoms. The van der Waals surface area contributed by atoms with E-state index in [0.717, 1.165) is 19.3 Å². The zero-order chi connectivity index (χ0) is 15.5. The highest BCUT2D eigenvalue weighted by Crippen LogP contribution is 2.40. The number of para-hydroxylation sites is 1. The third kappa shape index (κ3) is 4.37. The van der Waals surface area contributed by atoms with Crippen molar-refractivity contribution < 1.29 is 17.9 Å². The third-order valence-electron chi connectivity index (χ3n) is 4.24. The van der Waals surface area contributed by atoms with Crippen LogP contribution < -0.4 is 10.1 Å². The highest BCUT2D eigenvalue weighted by atomic mass is 19.4. The predicted octanol–water partition coefficient (Wildman–Crippen LogP) is 4.67. The number of nitrogens with one attached hydrogen (secondary N) is 1. The molecule has 1 aliphatic carbocycles. The van der Waals surface area contributed by atoms with Crippen molar-refractivity contribution in [2.45, 2.75) is 45.0 Å². The van der Waals surface area contributed by atoms with Crippen LogP contribution in [-0.4, -0.2) is 13.4 Å². The molecule has 118 valence electrons. The van der Waals surface area contributed by atoms with Gasteiger partial charge in [0.1, 0.15) is 5.75 Å². The summed E-state index contributed by atoms with van der Waals surface area (Å²) < 4.78 is 41.8. The largest absolute Gasteiger partial charge is 0.573 e. The summed E-state index contributed by atoms with van der Waals surface area (Å²) in [6.45, 7) is 2.21. The maximum atomic E-state index is 12.6. The highest BCUT2D eigenvalue weighted by molar-refractivity contribution is 5.36. The number of hydrogen-bond acceptors (Lipinski definition) is 2. The van der Waals surface area contributed by atoms with Crippen LogP contribution in [0.15, 0.2) is 24.3 Å². The fourth-order valence-electron chi connectivity index (χ4n) is 3.38. The Bertz CT molecular complexity index is 461. The van der Waals surface area contributed by atoms with E-state index in [1.54, 1.807) is 25.2 Å². The summed E-state index contributed by atoms with van der Waals surface area (Å²) in [6.07, 6.45) is -0.254. The van der Waals surface area contributed by atoms with Gasteiger partial charge in [0, 0.05) is 11.6 Å². The number of alkyl halides is 3. The van der Waals surface area contributed by atoms with E-state index in [0.29, 0.717) is 17.4 Å². The lowest BCUT2D eigenvalue weighted by Gasteiger charge is -2.34. The molecule has 21 heavy (non-hydrogen) atoms. The van der Waals surface area contributed by atoms with Gasteiger partial charge in [0.2, 0.25) is 0 Å². The van der Waals surface area contributed by atoms with Gasteiger partial charge >= 0.3 is 6.36 Å². The average Bonchev–Trinajstić information content (AvgIpc) is 2.40. The molecular weight excluding hydrogens is 279 g/mol. The Kier molecular flexibility index (Phi) is 5.14. The maximum absolute atomic E-state index is 12.6. The molecule has 0 amide bonds. The molecule has 0 saturated heterocycles. The van der Waals surface area contributed by atoms with Gasteiger partial charge in [-0.05, 0) is 37.8 Å². The van der Waals surface area contributed by atoms with E-state index in [2.05, 4.69) is 17.0 Å². The van der Waals surface area contributed by atoms with Gasteiger partial charge in [-0.25, -0.2) is 0 Å². The van der Waals surface area contributed by atoms with Gasteiger partial charge in [0.25, 0.3) is 0 Å². The molecule has 2 rings (SSSR count). The first-order chi connectivity index (χ1) is 9.90. The number of rotatable bonds is 4. The number of ether oxygens (including phenoxy) is 1. The van der Waals surface area contributed by atoms with Crippen molar-refractivity contribution in [3.63, 3.8) is 0 Å². The van der Waals surface area contributed by atoms with Crippen molar-refractivity contribution in [2.24, 2.45) is 11.8 Å². The van der Waals surface area contributed by atoms with Gasteiger partial charge in [-0.2, -0.15) is 0 Å². The van der Waals surface area contributed by atoms with Crippen molar-refractivity contribution in [3.05, 3.63) is 29.8 Å². The molecule has 0 bridgehead atoms. The summed E-state index contributed by atoms with van der Waals surface area (Å²) in [4.78, 5) is 0. The molecule has 1 aromatic carbocycles. The minimum absolute atomic E-state index is 0.0948. The van der Waals surface area contributed by atoms with Crippen molar-refractivity contribution in [3.8, 4) is 5.75 Å². The van der Waals surface area contributed by atoms with Crippen molar-refractivity contribution in [1.29, 1.82) is 0 Å². The SMILES string of the molecule is CNC(c1ccccc1OC(F)(F)F)C1CCCC(C)C1. The topological polar surface area (TPSA) is 21.3 Å². The summed E-state index contributed by atoms with van der Waals surface area (Å²) in [6, 6.07) is 6.34. The van der Waals surface area contributed by atoms with Crippen molar-refractivity contribution in [2.75, 3.05) is 7.05 Å². The van der Waals surface area contributed by atoms with Crippen LogP contribution in [0, 0.1) is 11.8 Å². The van der Waals surface area contributed by atoms with Gasteiger partial charge in [-0.3, -0.25) is 0 Å². The van der Waals surface area contributed by atoms with Crippen LogP contribution in [-0.2, 0) is 0 Å². The Morgan fingerprint density at radius 1 is 1.24 bits per heavy atom. The van der Waals surface area contributed by atoms with Crippen LogP contribution in [0.4, 0.5) is 13.2 Å². The summed E-state index contributed by atoms with van der Waals surface area (Å²) in [7, 11) is 1.80. The first-order valence-electron chi connectivity index (χ1n) is 7.42. The monoisotopic (exact) mass is 301 g/mol. The molecular formula is C16H22F3NO. The minimum Gasteiger partial charge on any atom is -0.405 e. The second-order valence-corrected chi connectivity index (χ2v) is 5.88. The van der Waals surface area contributed by atoms with Crippen molar-refractivity contribution >= 4 is 0 Å². The first-order valence-corrected chi connectivity index (χ1v) is 7.42. The molecule has 0 aliphatic heterocycles. The van der Waals surface area contributed by atoms with Crippen LogP contribution in [0.25, 0.3) is 0 Å². The van der Waals surface area contributed by atoms with Crippen LogP contribution in [0.1, 0.15) is 44.2 Å². The first kappa shape index (κ1) is 16.1. The molecule has 0 radical (unpaired) electrons. The van der Waals surface area contributed by atoms with Gasteiger partial charge in [-0.15, -0.1) is 13.2 Å². The molecule has 1 aliphatic rings. The lowest BCUT2D eigenvalue weighted by Crippen LogP contribution is -2.30. The number of hydrogen-bond donors (Lipinski definition) is 1. The van der Waals surface area contributed by atoms with Gasteiger partial charge in [0.15, 0.2) is 0 Å². The van der Waals surface area contributed by atoms with E-state index in [1.165, 1.54) is 12.5 Å². The molecule has 1 saturated carbocycles. The number of benzene rings is 1. The zero-order valence-corrected chi connectivity index (χ0v) is 12.4. The number of halogens is 3. The third-order valence-corrected chi connectivity index (χ3v) is 4.24. The summed E-state index contributed by atoms with van der Waals surface area (Å²) in [5.41, 5.74) is 0.594. The van der Waals surface area contributed by atoms with Gasteiger partial charge < -0.3 is 10.1 Å². The van der Waals surface area contributed by atoms with Crippen LogP contribution >= 0.6 is 0 Å². The second-order valence-electron chi connectivity index (χ2n) is 5.88. The highest BCUT2D eigenvalue weighted by Gasteiger charge is 2.34. The van der Waals surface area contributed by atoms with Crippen molar-refractivity contribution in [1.82, 2.24) is 5.32 Å². The van der Waals surface area contributed by atoms with Crippen LogP contribution in [0.3, 0.4) is 0 Å². The molecule has 3 atom stereocenters. The molecule has 0 heterocycles. The quantitative estimate of drug-likeness (QED) is 0.872. The Morgan fingerprint density at radius 3 is 2.57 bits per heavy atom. The predicted molar refractivity (Wildman–Crippen MR) is 76.0 cm³/mol. The smallest absolute Gasteiger partial charge is 0.405 e. The van der Waals surface area contributed by atoms with Gasteiger partial charge in [-0.1, -0.05) is 38.0 Å². The summed E-state index contributed by atoms with van der Waals surface area (Å²) >= 11 is 0. The molecule has 5 heteroatoms. The van der Waals surface area contributed by atoms with E-state index >= 15 is 0 Å². The van der Waals surface area contributed by atoms with Gasteiger partial charge in [0.05, 0.1) is 0 Å². The fourth-order valence-corrected chi connectivity index (χ4v) is 3.38. The lowest BCUT2D eigenvalue weighted by molar-refractivity contribution is -0.275. The molecule has 1 fully saturated rings. The summed E-state index contributed by atoms with van der Waals surface area (Å²) in [5, 5.41) is 3.19. The Morgan fingerprint density at radius 2 is 1.95 bits per heavy atom. The lowest BCUT2D eigenvalue weighted by atomic mass is 9.76. The Hall–Kier alpha value is -1.23. The standard InChI is InChI=1S/C16H22F3NO/c1-11-6-5-7-12(10-11)15(20-2)13-8-3-4-9-14(13)21-16(17,18)19/h3-4,8-9,11-12,15,20H,5-7,10H2,1-2H3. The molecule has 2 nitrogen and oxygen atoms in total. The normalized spacial score (nSPS) is 24.6. The van der Waals surface area contributed by atoms with E-state index in [9.17, 15) is 13.2 Å². The zero-order valence-electron chi connectivity index (χ0n) is 12.4. The van der Waals surface area contributed by atoms with E-state index in [-0.39, 0.29) is 11.8 Å². The van der Waals surface area contributed by atoms with Crippen LogP contribution in [0.5, 0.6) is 5.75 Å². The summed E-state index contributed by atoms with van der Waals surface area (Å²) in [5.74, 6) is 0.870. The second kappa shape index (κ2) is 6.69. The fraction of sp³-hybridized carbons (Fsp3) is 0.625.